The van der Waals surface area contributed by atoms with Crippen molar-refractivity contribution >= 4 is 17.5 Å². The normalized spacial score (nSPS) is 11.3. The molecule has 0 saturated heterocycles. The monoisotopic (exact) mass is 385 g/mol. The van der Waals surface area contributed by atoms with Crippen LogP contribution in [0, 0.1) is 0 Å². The molecule has 7 heteroatoms. The Labute approximate surface area is 155 Å². The average Bonchev–Trinajstić information content (AvgIpc) is 2.60. The number of methoxy groups -OCH3 is 1. The molecule has 0 radical (unpaired) electrons. The van der Waals surface area contributed by atoms with Crippen LogP contribution in [0.2, 0.25) is 5.02 Å². The Kier molecular flexibility index (Phi) is 6.91. The summed E-state index contributed by atoms with van der Waals surface area (Å²) in [6, 6.07) is 10.3. The van der Waals surface area contributed by atoms with Gasteiger partial charge in [-0.1, -0.05) is 29.8 Å². The summed E-state index contributed by atoms with van der Waals surface area (Å²) in [5.41, 5.74) is 0.984. The Morgan fingerprint density at radius 3 is 2.31 bits per heavy atom. The molecule has 3 nitrogen and oxygen atoms in total. The number of carbonyl (C=O) groups excluding carboxylic acids is 1. The number of ether oxygens (including phenoxy) is 1. The predicted molar refractivity (Wildman–Crippen MR) is 94.5 cm³/mol. The summed E-state index contributed by atoms with van der Waals surface area (Å²) in [5, 5.41) is 3.26. The van der Waals surface area contributed by atoms with E-state index in [1.54, 1.807) is 12.1 Å². The van der Waals surface area contributed by atoms with E-state index < -0.39 is 11.7 Å². The van der Waals surface area contributed by atoms with E-state index >= 15 is 0 Å². The van der Waals surface area contributed by atoms with Gasteiger partial charge < -0.3 is 10.1 Å². The molecule has 0 aliphatic carbocycles. The van der Waals surface area contributed by atoms with Gasteiger partial charge in [-0.2, -0.15) is 13.2 Å². The van der Waals surface area contributed by atoms with Gasteiger partial charge in [0.1, 0.15) is 5.75 Å². The predicted octanol–water partition coefficient (Wildman–Crippen LogP) is 4.66. The standard InChI is InChI=1S/C19H19ClF3NO2/c1-26-17-8-4-14(12-16(17)20)5-9-18(25)24-11-10-13-2-6-15(7-3-13)19(21,22)23/h2-4,6-8,12H,5,9-11H2,1H3,(H,24,25). The maximum atomic E-state index is 12.5. The van der Waals surface area contributed by atoms with E-state index in [2.05, 4.69) is 5.32 Å². The van der Waals surface area contributed by atoms with Crippen molar-refractivity contribution in [2.75, 3.05) is 13.7 Å². The molecule has 26 heavy (non-hydrogen) atoms. The molecule has 0 aromatic heterocycles. The molecule has 0 saturated carbocycles. The molecule has 0 spiro atoms. The topological polar surface area (TPSA) is 38.3 Å². The van der Waals surface area contributed by atoms with Gasteiger partial charge in [-0.3, -0.25) is 4.79 Å². The molecule has 0 unspecified atom stereocenters. The lowest BCUT2D eigenvalue weighted by molar-refractivity contribution is -0.137. The first kappa shape index (κ1) is 20.1. The highest BCUT2D eigenvalue weighted by Gasteiger charge is 2.29. The van der Waals surface area contributed by atoms with Crippen LogP contribution in [-0.4, -0.2) is 19.6 Å². The highest BCUT2D eigenvalue weighted by molar-refractivity contribution is 6.32. The van der Waals surface area contributed by atoms with E-state index in [9.17, 15) is 18.0 Å². The lowest BCUT2D eigenvalue weighted by Gasteiger charge is -2.09. The highest BCUT2D eigenvalue weighted by Crippen LogP contribution is 2.29. The Morgan fingerprint density at radius 2 is 1.73 bits per heavy atom. The fraction of sp³-hybridized carbons (Fsp3) is 0.316. The molecule has 2 rings (SSSR count). The van der Waals surface area contributed by atoms with Crippen LogP contribution in [0.4, 0.5) is 13.2 Å². The minimum Gasteiger partial charge on any atom is -0.495 e. The molecule has 0 heterocycles. The van der Waals surface area contributed by atoms with Crippen molar-refractivity contribution in [1.82, 2.24) is 5.32 Å². The second-order valence-electron chi connectivity index (χ2n) is 5.76. The van der Waals surface area contributed by atoms with Crippen LogP contribution in [-0.2, 0) is 23.8 Å². The van der Waals surface area contributed by atoms with Crippen molar-refractivity contribution < 1.29 is 22.7 Å². The molecule has 0 bridgehead atoms. The summed E-state index contributed by atoms with van der Waals surface area (Å²) in [6.45, 7) is 0.369. The molecule has 2 aromatic carbocycles. The number of rotatable bonds is 7. The quantitative estimate of drug-likeness (QED) is 0.752. The van der Waals surface area contributed by atoms with Gasteiger partial charge in [0.25, 0.3) is 0 Å². The SMILES string of the molecule is COc1ccc(CCC(=O)NCCc2ccc(C(F)(F)F)cc2)cc1Cl. The molecule has 2 aromatic rings. The number of nitrogens with one attached hydrogen (secondary N) is 1. The largest absolute Gasteiger partial charge is 0.495 e. The number of carbonyl (C=O) groups is 1. The smallest absolute Gasteiger partial charge is 0.416 e. The van der Waals surface area contributed by atoms with Crippen molar-refractivity contribution in [3.8, 4) is 5.75 Å². The average molecular weight is 386 g/mol. The van der Waals surface area contributed by atoms with Gasteiger partial charge in [0.05, 0.1) is 17.7 Å². The number of benzene rings is 2. The Bertz CT molecular complexity index is 745. The van der Waals surface area contributed by atoms with Gasteiger partial charge in [0, 0.05) is 13.0 Å². The third-order valence-electron chi connectivity index (χ3n) is 3.87. The lowest BCUT2D eigenvalue weighted by Crippen LogP contribution is -2.25. The minimum absolute atomic E-state index is 0.121. The number of halogens is 4. The zero-order chi connectivity index (χ0) is 19.2. The van der Waals surface area contributed by atoms with Crippen molar-refractivity contribution in [3.63, 3.8) is 0 Å². The van der Waals surface area contributed by atoms with Crippen molar-refractivity contribution in [1.29, 1.82) is 0 Å². The van der Waals surface area contributed by atoms with Gasteiger partial charge in [-0.05, 0) is 48.2 Å². The van der Waals surface area contributed by atoms with Crippen molar-refractivity contribution in [3.05, 3.63) is 64.2 Å². The Morgan fingerprint density at radius 1 is 1.08 bits per heavy atom. The van der Waals surface area contributed by atoms with Crippen LogP contribution in [0.15, 0.2) is 42.5 Å². The van der Waals surface area contributed by atoms with E-state index in [1.807, 2.05) is 6.07 Å². The molecule has 0 aliphatic heterocycles. The summed E-state index contributed by atoms with van der Waals surface area (Å²) in [7, 11) is 1.53. The number of amides is 1. The summed E-state index contributed by atoms with van der Waals surface area (Å²) < 4.78 is 42.6. The van der Waals surface area contributed by atoms with Crippen molar-refractivity contribution in [2.45, 2.75) is 25.4 Å². The zero-order valence-electron chi connectivity index (χ0n) is 14.2. The Balaban J connectivity index is 1.74. The van der Waals surface area contributed by atoms with Crippen LogP contribution in [0.25, 0.3) is 0 Å². The third-order valence-corrected chi connectivity index (χ3v) is 4.17. The molecule has 0 aliphatic rings. The fourth-order valence-electron chi connectivity index (χ4n) is 2.42. The van der Waals surface area contributed by atoms with Gasteiger partial charge in [-0.25, -0.2) is 0 Å². The molecule has 140 valence electrons. The van der Waals surface area contributed by atoms with Crippen molar-refractivity contribution in [2.24, 2.45) is 0 Å². The fourth-order valence-corrected chi connectivity index (χ4v) is 2.70. The van der Waals surface area contributed by atoms with Crippen LogP contribution in [0.5, 0.6) is 5.75 Å². The lowest BCUT2D eigenvalue weighted by atomic mass is 10.1. The number of aryl methyl sites for hydroxylation is 1. The van der Waals surface area contributed by atoms with Gasteiger partial charge in [0.2, 0.25) is 5.91 Å². The zero-order valence-corrected chi connectivity index (χ0v) is 15.0. The van der Waals surface area contributed by atoms with Crippen LogP contribution >= 0.6 is 11.6 Å². The highest BCUT2D eigenvalue weighted by atomic mass is 35.5. The van der Waals surface area contributed by atoms with Gasteiger partial charge in [-0.15, -0.1) is 0 Å². The maximum absolute atomic E-state index is 12.5. The van der Waals surface area contributed by atoms with Crippen LogP contribution in [0.1, 0.15) is 23.1 Å². The molecular formula is C19H19ClF3NO2. The summed E-state index contributed by atoms with van der Waals surface area (Å²) >= 11 is 6.04. The first-order chi connectivity index (χ1) is 12.3. The summed E-state index contributed by atoms with van der Waals surface area (Å²) in [5.74, 6) is 0.459. The molecular weight excluding hydrogens is 367 g/mol. The summed E-state index contributed by atoms with van der Waals surface area (Å²) in [4.78, 5) is 11.9. The number of hydrogen-bond donors (Lipinski definition) is 1. The first-order valence-electron chi connectivity index (χ1n) is 8.05. The van der Waals surface area contributed by atoms with Crippen LogP contribution < -0.4 is 10.1 Å². The van der Waals surface area contributed by atoms with E-state index in [0.717, 1.165) is 23.3 Å². The van der Waals surface area contributed by atoms with Gasteiger partial charge in [0.15, 0.2) is 0 Å². The second-order valence-corrected chi connectivity index (χ2v) is 6.17. The molecule has 1 amide bonds. The number of hydrogen-bond acceptors (Lipinski definition) is 2. The van der Waals surface area contributed by atoms with Crippen LogP contribution in [0.3, 0.4) is 0 Å². The molecule has 1 N–H and O–H groups in total. The van der Waals surface area contributed by atoms with E-state index in [-0.39, 0.29) is 5.91 Å². The van der Waals surface area contributed by atoms with E-state index in [0.29, 0.717) is 36.6 Å². The maximum Gasteiger partial charge on any atom is 0.416 e. The summed E-state index contributed by atoms with van der Waals surface area (Å²) in [6.07, 6.45) is -3.03. The van der Waals surface area contributed by atoms with Gasteiger partial charge >= 0.3 is 6.18 Å². The molecule has 0 atom stereocenters. The number of alkyl halides is 3. The minimum atomic E-state index is -4.34. The first-order valence-corrected chi connectivity index (χ1v) is 8.42. The Hall–Kier alpha value is -2.21. The third kappa shape index (κ3) is 5.95. The van der Waals surface area contributed by atoms with E-state index in [4.69, 9.17) is 16.3 Å². The molecule has 0 fully saturated rings. The second kappa shape index (κ2) is 8.94. The van der Waals surface area contributed by atoms with E-state index in [1.165, 1.54) is 19.2 Å².